The summed E-state index contributed by atoms with van der Waals surface area (Å²) in [6.45, 7) is 1.47. The number of anilines is 1. The van der Waals surface area contributed by atoms with Crippen molar-refractivity contribution < 1.29 is 9.47 Å². The van der Waals surface area contributed by atoms with Crippen LogP contribution in [-0.4, -0.2) is 19.3 Å². The van der Waals surface area contributed by atoms with E-state index in [9.17, 15) is 0 Å². The average Bonchev–Trinajstić information content (AvgIpc) is 3.33. The maximum Gasteiger partial charge on any atom is 0.124 e. The molecule has 5 heteroatoms. The van der Waals surface area contributed by atoms with Gasteiger partial charge in [0, 0.05) is 17.9 Å². The number of hydrogen-bond acceptors (Lipinski definition) is 5. The summed E-state index contributed by atoms with van der Waals surface area (Å²) < 4.78 is 11.7. The van der Waals surface area contributed by atoms with Crippen LogP contribution in [0.15, 0.2) is 48.5 Å². The minimum absolute atomic E-state index is 0.185. The predicted molar refractivity (Wildman–Crippen MR) is 98.1 cm³/mol. The number of para-hydroxylation sites is 2. The summed E-state index contributed by atoms with van der Waals surface area (Å²) in [5.41, 5.74) is 16.0. The number of hydrazine groups is 1. The second kappa shape index (κ2) is 7.44. The molecule has 5 nitrogen and oxygen atoms in total. The Morgan fingerprint density at radius 3 is 2.48 bits per heavy atom. The Kier molecular flexibility index (Phi) is 4.88. The third-order valence-electron chi connectivity index (χ3n) is 5.02. The van der Waals surface area contributed by atoms with Gasteiger partial charge in [-0.1, -0.05) is 36.4 Å². The molecule has 2 heterocycles. The van der Waals surface area contributed by atoms with Crippen molar-refractivity contribution >= 4 is 5.69 Å². The fourth-order valence-electron chi connectivity index (χ4n) is 3.65. The summed E-state index contributed by atoms with van der Waals surface area (Å²) in [6, 6.07) is 16.6. The summed E-state index contributed by atoms with van der Waals surface area (Å²) in [5, 5.41) is 0. The third-order valence-corrected chi connectivity index (χ3v) is 5.02. The van der Waals surface area contributed by atoms with Crippen molar-refractivity contribution in [2.45, 2.75) is 37.5 Å². The van der Waals surface area contributed by atoms with Gasteiger partial charge >= 0.3 is 0 Å². The topological polar surface area (TPSA) is 68.5 Å². The van der Waals surface area contributed by atoms with E-state index < -0.39 is 0 Å². The molecule has 4 N–H and O–H groups in total. The van der Waals surface area contributed by atoms with Crippen molar-refractivity contribution in [2.24, 2.45) is 0 Å². The molecule has 2 fully saturated rings. The zero-order chi connectivity index (χ0) is 17.1. The van der Waals surface area contributed by atoms with Gasteiger partial charge in [-0.3, -0.25) is 0 Å². The largest absolute Gasteiger partial charge is 0.491 e. The molecule has 2 saturated heterocycles. The fraction of sp³-hybridized carbons (Fsp3) is 0.400. The molecule has 2 aliphatic rings. The van der Waals surface area contributed by atoms with E-state index in [1.807, 2.05) is 30.3 Å². The van der Waals surface area contributed by atoms with Gasteiger partial charge < -0.3 is 15.2 Å². The number of nitrogens with two attached hydrogens (primary N) is 1. The molecule has 3 atom stereocenters. The van der Waals surface area contributed by atoms with Crippen molar-refractivity contribution in [3.05, 3.63) is 59.7 Å². The van der Waals surface area contributed by atoms with Crippen molar-refractivity contribution in [1.82, 2.24) is 10.9 Å². The number of benzene rings is 2. The van der Waals surface area contributed by atoms with Crippen LogP contribution in [0.5, 0.6) is 5.75 Å². The van der Waals surface area contributed by atoms with Gasteiger partial charge in [0.25, 0.3) is 0 Å². The maximum absolute atomic E-state index is 6.13. The Morgan fingerprint density at radius 1 is 1.00 bits per heavy atom. The minimum atomic E-state index is 0.185. The Morgan fingerprint density at radius 2 is 1.72 bits per heavy atom. The summed E-state index contributed by atoms with van der Waals surface area (Å²) in [6.07, 6.45) is 3.36. The van der Waals surface area contributed by atoms with Crippen molar-refractivity contribution in [2.75, 3.05) is 18.9 Å². The van der Waals surface area contributed by atoms with Crippen molar-refractivity contribution in [3.63, 3.8) is 0 Å². The summed E-state index contributed by atoms with van der Waals surface area (Å²) >= 11 is 0. The lowest BCUT2D eigenvalue weighted by Crippen LogP contribution is -2.27. The highest BCUT2D eigenvalue weighted by molar-refractivity contribution is 5.49. The van der Waals surface area contributed by atoms with Gasteiger partial charge in [0.2, 0.25) is 0 Å². The molecule has 3 unspecified atom stereocenters. The Hall–Kier alpha value is -2.08. The fourth-order valence-corrected chi connectivity index (χ4v) is 3.65. The lowest BCUT2D eigenvalue weighted by Gasteiger charge is -2.18. The normalized spacial score (nSPS) is 26.0. The first-order chi connectivity index (χ1) is 12.3. The highest BCUT2D eigenvalue weighted by Gasteiger charge is 2.29. The Labute approximate surface area is 148 Å². The van der Waals surface area contributed by atoms with Crippen LogP contribution in [0, 0.1) is 0 Å². The van der Waals surface area contributed by atoms with E-state index in [0.717, 1.165) is 42.9 Å². The summed E-state index contributed by atoms with van der Waals surface area (Å²) in [7, 11) is 0. The smallest absolute Gasteiger partial charge is 0.124 e. The number of ether oxygens (including phenoxy) is 2. The second-order valence-electron chi connectivity index (χ2n) is 6.74. The van der Waals surface area contributed by atoms with Gasteiger partial charge in [0.15, 0.2) is 0 Å². The number of hydrogen-bond donors (Lipinski definition) is 3. The Balaban J connectivity index is 1.46. The van der Waals surface area contributed by atoms with Gasteiger partial charge in [-0.2, -0.15) is 0 Å². The molecule has 0 radical (unpaired) electrons. The summed E-state index contributed by atoms with van der Waals surface area (Å²) in [4.78, 5) is 0. The molecule has 4 rings (SSSR count). The number of nitrogens with one attached hydrogen (secondary N) is 2. The average molecular weight is 339 g/mol. The maximum atomic E-state index is 6.13. The van der Waals surface area contributed by atoms with Gasteiger partial charge in [-0.05, 0) is 37.0 Å². The van der Waals surface area contributed by atoms with E-state index in [0.29, 0.717) is 6.61 Å². The predicted octanol–water partition coefficient (Wildman–Crippen LogP) is 3.11. The van der Waals surface area contributed by atoms with E-state index in [4.69, 9.17) is 15.2 Å². The van der Waals surface area contributed by atoms with E-state index >= 15 is 0 Å². The van der Waals surface area contributed by atoms with Gasteiger partial charge in [0.1, 0.15) is 12.4 Å². The Bertz CT molecular complexity index is 716. The van der Waals surface area contributed by atoms with Gasteiger partial charge in [0.05, 0.1) is 18.2 Å². The molecule has 0 saturated carbocycles. The van der Waals surface area contributed by atoms with E-state index in [2.05, 4.69) is 29.1 Å². The van der Waals surface area contributed by atoms with Crippen LogP contribution >= 0.6 is 0 Å². The van der Waals surface area contributed by atoms with Crippen molar-refractivity contribution in [1.29, 1.82) is 0 Å². The van der Waals surface area contributed by atoms with Crippen LogP contribution in [0.4, 0.5) is 5.69 Å². The molecule has 0 aliphatic carbocycles. The SMILES string of the molecule is Nc1ccccc1C1CC(c2ccccc2OCC2CCCO2)NN1. The molecular weight excluding hydrogens is 314 g/mol. The van der Waals surface area contributed by atoms with E-state index in [-0.39, 0.29) is 18.2 Å². The zero-order valence-corrected chi connectivity index (χ0v) is 14.3. The lowest BCUT2D eigenvalue weighted by atomic mass is 9.96. The second-order valence-corrected chi connectivity index (χ2v) is 6.74. The van der Waals surface area contributed by atoms with E-state index in [1.165, 1.54) is 5.56 Å². The standard InChI is InChI=1S/C20H25N3O2/c21-17-9-3-1-7-15(17)18-12-19(23-22-18)16-8-2-4-10-20(16)25-13-14-6-5-11-24-14/h1-4,7-10,14,18-19,22-23H,5-6,11-13,21H2. The highest BCUT2D eigenvalue weighted by Crippen LogP contribution is 2.36. The molecule has 0 spiro atoms. The summed E-state index contributed by atoms with van der Waals surface area (Å²) in [5.74, 6) is 0.930. The molecule has 0 aromatic heterocycles. The van der Waals surface area contributed by atoms with Crippen LogP contribution in [0.2, 0.25) is 0 Å². The van der Waals surface area contributed by atoms with E-state index in [1.54, 1.807) is 0 Å². The molecule has 132 valence electrons. The molecule has 2 aliphatic heterocycles. The minimum Gasteiger partial charge on any atom is -0.491 e. The number of nitrogen functional groups attached to an aromatic ring is 1. The zero-order valence-electron chi connectivity index (χ0n) is 14.3. The van der Waals surface area contributed by atoms with Crippen LogP contribution < -0.4 is 21.3 Å². The van der Waals surface area contributed by atoms with Crippen LogP contribution in [0.25, 0.3) is 0 Å². The monoisotopic (exact) mass is 339 g/mol. The molecule has 2 aromatic rings. The molecular formula is C20H25N3O2. The van der Waals surface area contributed by atoms with Crippen LogP contribution in [0.1, 0.15) is 42.5 Å². The molecule has 0 bridgehead atoms. The molecule has 2 aromatic carbocycles. The first kappa shape index (κ1) is 16.4. The van der Waals surface area contributed by atoms with Crippen LogP contribution in [0.3, 0.4) is 0 Å². The molecule has 0 amide bonds. The number of rotatable bonds is 5. The lowest BCUT2D eigenvalue weighted by molar-refractivity contribution is 0.0674. The van der Waals surface area contributed by atoms with Crippen molar-refractivity contribution in [3.8, 4) is 5.75 Å². The highest BCUT2D eigenvalue weighted by atomic mass is 16.5. The van der Waals surface area contributed by atoms with Gasteiger partial charge in [-0.25, -0.2) is 10.9 Å². The van der Waals surface area contributed by atoms with Crippen LogP contribution in [-0.2, 0) is 4.74 Å². The quantitative estimate of drug-likeness (QED) is 0.730. The first-order valence-electron chi connectivity index (χ1n) is 9.00. The molecule has 25 heavy (non-hydrogen) atoms. The third kappa shape index (κ3) is 3.63. The first-order valence-corrected chi connectivity index (χ1v) is 9.00. The van der Waals surface area contributed by atoms with Gasteiger partial charge in [-0.15, -0.1) is 0 Å².